The molecule has 56 valence electrons. The van der Waals surface area contributed by atoms with E-state index in [-0.39, 0.29) is 0 Å². The van der Waals surface area contributed by atoms with Crippen LogP contribution in [0.1, 0.15) is 4.11 Å². The van der Waals surface area contributed by atoms with Crippen LogP contribution in [0.2, 0.25) is 0 Å². The van der Waals surface area contributed by atoms with Crippen molar-refractivity contribution >= 4 is 16.6 Å². The minimum Gasteiger partial charge on any atom is -0.397 e. The number of benzene rings is 1. The molecule has 0 amide bonds. The number of fused-ring (bicyclic) bond motifs is 1. The smallest absolute Gasteiger partial charge is 0.0711 e. The van der Waals surface area contributed by atoms with Gasteiger partial charge in [-0.05, 0) is 12.1 Å². The molecule has 0 aliphatic rings. The minimum absolute atomic E-state index is 0.489. The molecule has 0 saturated heterocycles. The Balaban J connectivity index is 2.80. The van der Waals surface area contributed by atoms with Gasteiger partial charge in [-0.2, -0.15) is 0 Å². The third kappa shape index (κ3) is 0.792. The standard InChI is InChI=1S/C9H10N2/c1-11-6-5-7-3-2-4-8(10)9(7)11/h2-6H,10H2,1H3/i1D3. The van der Waals surface area contributed by atoms with Gasteiger partial charge in [-0.25, -0.2) is 0 Å². The molecule has 11 heavy (non-hydrogen) atoms. The largest absolute Gasteiger partial charge is 0.397 e. The van der Waals surface area contributed by atoms with E-state index in [9.17, 15) is 0 Å². The number of hydrogen-bond acceptors (Lipinski definition) is 1. The van der Waals surface area contributed by atoms with Gasteiger partial charge < -0.3 is 10.3 Å². The Morgan fingerprint density at radius 1 is 1.45 bits per heavy atom. The summed E-state index contributed by atoms with van der Waals surface area (Å²) in [5, 5.41) is 0.848. The van der Waals surface area contributed by atoms with E-state index in [0.29, 0.717) is 11.2 Å². The van der Waals surface area contributed by atoms with E-state index in [2.05, 4.69) is 0 Å². The summed E-state index contributed by atoms with van der Waals surface area (Å²) in [5.74, 6) is 0. The van der Waals surface area contributed by atoms with E-state index >= 15 is 0 Å². The molecule has 1 aromatic carbocycles. The van der Waals surface area contributed by atoms with Crippen LogP contribution in [0.5, 0.6) is 0 Å². The maximum Gasteiger partial charge on any atom is 0.0711 e. The number of hydrogen-bond donors (Lipinski definition) is 1. The van der Waals surface area contributed by atoms with Gasteiger partial charge in [-0.1, -0.05) is 12.1 Å². The van der Waals surface area contributed by atoms with Crippen molar-refractivity contribution < 1.29 is 4.11 Å². The zero-order valence-electron chi connectivity index (χ0n) is 8.91. The Labute approximate surface area is 69.5 Å². The van der Waals surface area contributed by atoms with Gasteiger partial charge in [0.05, 0.1) is 11.2 Å². The predicted octanol–water partition coefficient (Wildman–Crippen LogP) is 1.76. The fourth-order valence-electron chi connectivity index (χ4n) is 1.22. The van der Waals surface area contributed by atoms with Crippen molar-refractivity contribution in [1.82, 2.24) is 4.57 Å². The summed E-state index contributed by atoms with van der Waals surface area (Å²) in [6.45, 7) is -2.17. The van der Waals surface area contributed by atoms with Gasteiger partial charge in [0.25, 0.3) is 0 Å². The van der Waals surface area contributed by atoms with Gasteiger partial charge in [-0.15, -0.1) is 0 Å². The molecule has 2 aromatic rings. The Hall–Kier alpha value is -1.44. The molecule has 0 radical (unpaired) electrons. The van der Waals surface area contributed by atoms with Gasteiger partial charge in [0.15, 0.2) is 0 Å². The van der Waals surface area contributed by atoms with Crippen molar-refractivity contribution in [2.24, 2.45) is 6.98 Å². The second-order valence-corrected chi connectivity index (χ2v) is 2.47. The van der Waals surface area contributed by atoms with Crippen LogP contribution >= 0.6 is 0 Å². The Kier molecular flexibility index (Phi) is 0.700. The molecule has 0 saturated carbocycles. The highest BCUT2D eigenvalue weighted by Crippen LogP contribution is 2.20. The summed E-state index contributed by atoms with van der Waals surface area (Å²) >= 11 is 0. The summed E-state index contributed by atoms with van der Waals surface area (Å²) < 4.78 is 23.1. The van der Waals surface area contributed by atoms with Crippen LogP contribution < -0.4 is 5.73 Å². The Morgan fingerprint density at radius 2 is 2.36 bits per heavy atom. The van der Waals surface area contributed by atoms with Crippen LogP contribution in [0, 0.1) is 0 Å². The molecule has 1 heterocycles. The topological polar surface area (TPSA) is 30.9 Å². The monoisotopic (exact) mass is 149 g/mol. The summed E-state index contributed by atoms with van der Waals surface area (Å²) in [6.07, 6.45) is 1.54. The van der Waals surface area contributed by atoms with Crippen LogP contribution in [-0.4, -0.2) is 4.57 Å². The highest BCUT2D eigenvalue weighted by Gasteiger charge is 1.98. The van der Waals surface area contributed by atoms with Crippen LogP contribution in [0.25, 0.3) is 10.9 Å². The lowest BCUT2D eigenvalue weighted by Gasteiger charge is -1.98. The molecule has 2 heteroatoms. The van der Waals surface area contributed by atoms with Crippen LogP contribution in [0.4, 0.5) is 5.69 Å². The molecule has 1 aromatic heterocycles. The molecule has 0 aliphatic carbocycles. The minimum atomic E-state index is -2.17. The zero-order valence-corrected chi connectivity index (χ0v) is 5.91. The van der Waals surface area contributed by atoms with E-state index in [4.69, 9.17) is 9.85 Å². The van der Waals surface area contributed by atoms with Crippen LogP contribution in [0.3, 0.4) is 0 Å². The number of anilines is 1. The average molecular weight is 149 g/mol. The van der Waals surface area contributed by atoms with E-state index < -0.39 is 6.98 Å². The zero-order chi connectivity index (χ0) is 10.3. The molecule has 2 rings (SSSR count). The SMILES string of the molecule is [2H]C([2H])([2H])n1ccc2cccc(N)c21. The fourth-order valence-corrected chi connectivity index (χ4v) is 1.22. The van der Waals surface area contributed by atoms with Gasteiger partial charge in [-0.3, -0.25) is 0 Å². The predicted molar refractivity (Wildman–Crippen MR) is 47.3 cm³/mol. The molecule has 0 unspecified atom stereocenters. The lowest BCUT2D eigenvalue weighted by Crippen LogP contribution is -1.91. The first-order valence-corrected chi connectivity index (χ1v) is 3.36. The van der Waals surface area contributed by atoms with Crippen molar-refractivity contribution in [2.75, 3.05) is 5.73 Å². The molecule has 0 spiro atoms. The molecule has 0 atom stereocenters. The maximum atomic E-state index is 7.31. The fraction of sp³-hybridized carbons (Fsp3) is 0.111. The number of nitrogens with two attached hydrogens (primary N) is 1. The molecule has 0 aliphatic heterocycles. The average Bonchev–Trinajstić information content (AvgIpc) is 2.47. The van der Waals surface area contributed by atoms with E-state index in [1.54, 1.807) is 12.1 Å². The Morgan fingerprint density at radius 3 is 3.18 bits per heavy atom. The summed E-state index contributed by atoms with van der Waals surface area (Å²) in [5.41, 5.74) is 6.79. The number of aryl methyl sites for hydroxylation is 1. The third-order valence-electron chi connectivity index (χ3n) is 1.74. The van der Waals surface area contributed by atoms with Crippen molar-refractivity contribution in [3.05, 3.63) is 30.5 Å². The second-order valence-electron chi connectivity index (χ2n) is 2.47. The number of nitrogens with zero attached hydrogens (tertiary/aromatic N) is 1. The summed E-state index contributed by atoms with van der Waals surface area (Å²) in [4.78, 5) is 0. The van der Waals surface area contributed by atoms with Crippen LogP contribution in [0.15, 0.2) is 30.5 Å². The molecule has 2 nitrogen and oxygen atoms in total. The van der Waals surface area contributed by atoms with Gasteiger partial charge in [0, 0.05) is 22.7 Å². The quantitative estimate of drug-likeness (QED) is 0.568. The number of nitrogen functional groups attached to an aromatic ring is 1. The van der Waals surface area contributed by atoms with E-state index in [1.165, 1.54) is 10.8 Å². The Bertz CT molecular complexity index is 470. The number of para-hydroxylation sites is 1. The third-order valence-corrected chi connectivity index (χ3v) is 1.74. The molecule has 2 N–H and O–H groups in total. The van der Waals surface area contributed by atoms with E-state index in [0.717, 1.165) is 5.39 Å². The maximum absolute atomic E-state index is 7.31. The normalized spacial score (nSPS) is 15.8. The van der Waals surface area contributed by atoms with Gasteiger partial charge in [0.2, 0.25) is 0 Å². The van der Waals surface area contributed by atoms with Crippen molar-refractivity contribution in [1.29, 1.82) is 0 Å². The lowest BCUT2D eigenvalue weighted by molar-refractivity contribution is 0.970. The van der Waals surface area contributed by atoms with E-state index in [1.807, 2.05) is 12.1 Å². The highest BCUT2D eigenvalue weighted by atomic mass is 14.9. The lowest BCUT2D eigenvalue weighted by atomic mass is 10.2. The molecule has 0 fully saturated rings. The number of aromatic nitrogens is 1. The number of rotatable bonds is 0. The van der Waals surface area contributed by atoms with Crippen LogP contribution in [-0.2, 0) is 6.98 Å². The first-order chi connectivity index (χ1) is 6.50. The highest BCUT2D eigenvalue weighted by molar-refractivity contribution is 5.90. The van der Waals surface area contributed by atoms with Crippen molar-refractivity contribution in [3.63, 3.8) is 0 Å². The van der Waals surface area contributed by atoms with Crippen molar-refractivity contribution in [3.8, 4) is 0 Å². The first-order valence-electron chi connectivity index (χ1n) is 4.86. The van der Waals surface area contributed by atoms with Gasteiger partial charge in [0.1, 0.15) is 0 Å². The molecule has 0 bridgehead atoms. The summed E-state index contributed by atoms with van der Waals surface area (Å²) in [6, 6.07) is 7.10. The van der Waals surface area contributed by atoms with Crippen molar-refractivity contribution in [2.45, 2.75) is 0 Å². The first kappa shape index (κ1) is 3.81. The second kappa shape index (κ2) is 2.02. The summed E-state index contributed by atoms with van der Waals surface area (Å²) in [7, 11) is 0. The molecular weight excluding hydrogens is 136 g/mol. The van der Waals surface area contributed by atoms with Gasteiger partial charge >= 0.3 is 0 Å². The molecular formula is C9H10N2.